The monoisotopic (exact) mass is 292 g/mol. The molecule has 0 radical (unpaired) electrons. The Kier molecular flexibility index (Phi) is 4.43. The molecule has 2 heteroatoms. The fourth-order valence-corrected chi connectivity index (χ4v) is 2.73. The largest absolute Gasteiger partial charge is 0.126 e. The lowest BCUT2D eigenvalue weighted by Crippen LogP contribution is -1.86. The van der Waals surface area contributed by atoms with E-state index in [9.17, 15) is 0 Å². The highest BCUT2D eigenvalue weighted by molar-refractivity contribution is 14.1. The van der Waals surface area contributed by atoms with Crippen molar-refractivity contribution in [1.82, 2.24) is 0 Å². The van der Waals surface area contributed by atoms with E-state index >= 15 is 0 Å². The van der Waals surface area contributed by atoms with Crippen molar-refractivity contribution < 1.29 is 0 Å². The van der Waals surface area contributed by atoms with Crippen molar-refractivity contribution in [2.75, 3.05) is 5.75 Å². The van der Waals surface area contributed by atoms with E-state index in [1.807, 2.05) is 11.8 Å². The number of halogens is 1. The summed E-state index contributed by atoms with van der Waals surface area (Å²) in [5, 5.41) is 0. The summed E-state index contributed by atoms with van der Waals surface area (Å²) in [4.78, 5) is 1.45. The molecule has 0 unspecified atom stereocenters. The van der Waals surface area contributed by atoms with E-state index < -0.39 is 0 Å². The minimum absolute atomic E-state index is 1.14. The first-order valence-corrected chi connectivity index (χ1v) is 6.25. The van der Waals surface area contributed by atoms with Gasteiger partial charge in [-0.3, -0.25) is 0 Å². The molecule has 0 fully saturated rings. The molecule has 0 atom stereocenters. The average Bonchev–Trinajstić information content (AvgIpc) is 2.05. The van der Waals surface area contributed by atoms with Crippen molar-refractivity contribution in [1.29, 1.82) is 0 Å². The lowest BCUT2D eigenvalue weighted by molar-refractivity contribution is 1.08. The Hall–Kier alpha value is 0.300. The highest BCUT2D eigenvalue weighted by Crippen LogP contribution is 2.24. The molecular formula is C10H13IS. The number of aryl methyl sites for hydroxylation is 1. The van der Waals surface area contributed by atoms with E-state index in [0.717, 1.165) is 12.2 Å². The predicted octanol–water partition coefficient (Wildman–Crippen LogP) is 3.97. The highest BCUT2D eigenvalue weighted by atomic mass is 127. The summed E-state index contributed by atoms with van der Waals surface area (Å²) in [7, 11) is 0. The molecule has 0 nitrogen and oxygen atoms in total. The van der Waals surface area contributed by atoms with Gasteiger partial charge in [0.2, 0.25) is 0 Å². The molecule has 0 aliphatic carbocycles. The molecule has 0 aliphatic heterocycles. The molecule has 1 rings (SSSR count). The van der Waals surface area contributed by atoms with Crippen LogP contribution in [0.5, 0.6) is 0 Å². The second-order valence-corrected chi connectivity index (χ2v) is 5.09. The predicted molar refractivity (Wildman–Crippen MR) is 64.9 cm³/mol. The summed E-state index contributed by atoms with van der Waals surface area (Å²) in [6.45, 7) is 4.41. The third kappa shape index (κ3) is 2.66. The van der Waals surface area contributed by atoms with Crippen LogP contribution in [-0.4, -0.2) is 5.75 Å². The first kappa shape index (κ1) is 10.4. The SMILES string of the molecule is CCSc1cc(I)ccc1CC. The third-order valence-corrected chi connectivity index (χ3v) is 3.36. The summed E-state index contributed by atoms with van der Waals surface area (Å²) in [6.07, 6.45) is 1.14. The van der Waals surface area contributed by atoms with Crippen LogP contribution >= 0.6 is 34.4 Å². The Morgan fingerprint density at radius 2 is 2.08 bits per heavy atom. The Balaban J connectivity index is 2.95. The normalized spacial score (nSPS) is 10.2. The summed E-state index contributed by atoms with van der Waals surface area (Å²) < 4.78 is 1.33. The quantitative estimate of drug-likeness (QED) is 0.600. The Labute approximate surface area is 92.3 Å². The number of hydrogen-bond donors (Lipinski definition) is 0. The summed E-state index contributed by atoms with van der Waals surface area (Å²) in [6, 6.07) is 6.69. The first-order chi connectivity index (χ1) is 5.77. The number of rotatable bonds is 3. The van der Waals surface area contributed by atoms with Crippen molar-refractivity contribution in [2.45, 2.75) is 25.2 Å². The Morgan fingerprint density at radius 3 is 2.67 bits per heavy atom. The van der Waals surface area contributed by atoms with Gasteiger partial charge >= 0.3 is 0 Å². The van der Waals surface area contributed by atoms with Crippen LogP contribution in [0.2, 0.25) is 0 Å². The van der Waals surface area contributed by atoms with Crippen molar-refractivity contribution in [3.8, 4) is 0 Å². The van der Waals surface area contributed by atoms with E-state index in [1.54, 1.807) is 0 Å². The van der Waals surface area contributed by atoms with Gasteiger partial charge in [0.1, 0.15) is 0 Å². The van der Waals surface area contributed by atoms with E-state index in [2.05, 4.69) is 54.6 Å². The second-order valence-electron chi connectivity index (χ2n) is 2.54. The zero-order valence-corrected chi connectivity index (χ0v) is 10.4. The highest BCUT2D eigenvalue weighted by Gasteiger charge is 2.00. The van der Waals surface area contributed by atoms with Crippen LogP contribution in [0.4, 0.5) is 0 Å². The van der Waals surface area contributed by atoms with E-state index in [-0.39, 0.29) is 0 Å². The Bertz CT molecular complexity index is 258. The molecule has 0 saturated carbocycles. The van der Waals surface area contributed by atoms with Gasteiger partial charge in [0.25, 0.3) is 0 Å². The lowest BCUT2D eigenvalue weighted by atomic mass is 10.2. The topological polar surface area (TPSA) is 0 Å². The molecule has 12 heavy (non-hydrogen) atoms. The smallest absolute Gasteiger partial charge is 0.0141 e. The molecule has 1 aromatic carbocycles. The molecule has 0 aliphatic rings. The van der Waals surface area contributed by atoms with Gasteiger partial charge in [-0.2, -0.15) is 0 Å². The van der Waals surface area contributed by atoms with Gasteiger partial charge in [-0.05, 0) is 52.5 Å². The van der Waals surface area contributed by atoms with Crippen LogP contribution in [0, 0.1) is 3.57 Å². The van der Waals surface area contributed by atoms with Gasteiger partial charge in [0.05, 0.1) is 0 Å². The number of benzene rings is 1. The fourth-order valence-electron chi connectivity index (χ4n) is 1.11. The standard InChI is InChI=1S/C10H13IS/c1-3-8-5-6-9(11)7-10(8)12-4-2/h5-7H,3-4H2,1-2H3. The van der Waals surface area contributed by atoms with Gasteiger partial charge in [-0.15, -0.1) is 11.8 Å². The first-order valence-electron chi connectivity index (χ1n) is 4.19. The van der Waals surface area contributed by atoms with Crippen molar-refractivity contribution >= 4 is 34.4 Å². The number of hydrogen-bond acceptors (Lipinski definition) is 1. The van der Waals surface area contributed by atoms with Gasteiger partial charge < -0.3 is 0 Å². The maximum atomic E-state index is 2.36. The van der Waals surface area contributed by atoms with Crippen LogP contribution in [-0.2, 0) is 6.42 Å². The van der Waals surface area contributed by atoms with E-state index in [0.29, 0.717) is 0 Å². The average molecular weight is 292 g/mol. The molecule has 0 heterocycles. The summed E-state index contributed by atoms with van der Waals surface area (Å²) in [5.74, 6) is 1.16. The molecular weight excluding hydrogens is 279 g/mol. The zero-order chi connectivity index (χ0) is 8.97. The summed E-state index contributed by atoms with van der Waals surface area (Å²) in [5.41, 5.74) is 1.47. The fraction of sp³-hybridized carbons (Fsp3) is 0.400. The molecule has 0 amide bonds. The van der Waals surface area contributed by atoms with Crippen molar-refractivity contribution in [2.24, 2.45) is 0 Å². The second kappa shape index (κ2) is 5.12. The van der Waals surface area contributed by atoms with Gasteiger partial charge in [-0.1, -0.05) is 19.9 Å². The van der Waals surface area contributed by atoms with Crippen LogP contribution < -0.4 is 0 Å². The molecule has 66 valence electrons. The van der Waals surface area contributed by atoms with E-state index in [1.165, 1.54) is 14.0 Å². The van der Waals surface area contributed by atoms with Crippen LogP contribution in [0.15, 0.2) is 23.1 Å². The van der Waals surface area contributed by atoms with Gasteiger partial charge in [0, 0.05) is 8.47 Å². The maximum absolute atomic E-state index is 2.36. The van der Waals surface area contributed by atoms with Crippen molar-refractivity contribution in [3.63, 3.8) is 0 Å². The van der Waals surface area contributed by atoms with Crippen LogP contribution in [0.1, 0.15) is 19.4 Å². The van der Waals surface area contributed by atoms with E-state index in [4.69, 9.17) is 0 Å². The van der Waals surface area contributed by atoms with Crippen molar-refractivity contribution in [3.05, 3.63) is 27.3 Å². The zero-order valence-electron chi connectivity index (χ0n) is 7.43. The molecule has 0 N–H and O–H groups in total. The van der Waals surface area contributed by atoms with Crippen LogP contribution in [0.3, 0.4) is 0 Å². The Morgan fingerprint density at radius 1 is 1.33 bits per heavy atom. The molecule has 0 saturated heterocycles. The van der Waals surface area contributed by atoms with Crippen LogP contribution in [0.25, 0.3) is 0 Å². The minimum atomic E-state index is 1.14. The number of thioether (sulfide) groups is 1. The van der Waals surface area contributed by atoms with Gasteiger partial charge in [0.15, 0.2) is 0 Å². The summed E-state index contributed by atoms with van der Waals surface area (Å²) >= 11 is 4.30. The lowest BCUT2D eigenvalue weighted by Gasteiger charge is -2.05. The van der Waals surface area contributed by atoms with Gasteiger partial charge in [-0.25, -0.2) is 0 Å². The molecule has 1 aromatic rings. The minimum Gasteiger partial charge on any atom is -0.126 e. The third-order valence-electron chi connectivity index (χ3n) is 1.71. The maximum Gasteiger partial charge on any atom is 0.0141 e. The molecule has 0 bridgehead atoms. The molecule has 0 spiro atoms. The molecule has 0 aromatic heterocycles.